The Balaban J connectivity index is 1.46. The van der Waals surface area contributed by atoms with Gasteiger partial charge in [0.1, 0.15) is 0 Å². The molecular formula is C26H26N2O3. The largest absolute Gasteiger partial charge is 0.293 e. The smallest absolute Gasteiger partial charge is 0.239 e. The average Bonchev–Trinajstić information content (AvgIpc) is 3.12. The molecule has 2 saturated heterocycles. The highest BCUT2D eigenvalue weighted by Crippen LogP contribution is 2.47. The Morgan fingerprint density at radius 2 is 1.48 bits per heavy atom. The quantitative estimate of drug-likeness (QED) is 0.722. The van der Waals surface area contributed by atoms with Crippen LogP contribution in [0.5, 0.6) is 0 Å². The van der Waals surface area contributed by atoms with E-state index in [0.717, 1.165) is 5.56 Å². The molecule has 4 unspecified atom stereocenters. The van der Waals surface area contributed by atoms with Crippen molar-refractivity contribution in [2.75, 3.05) is 4.90 Å². The number of nitrogens with zero attached hydrogens (tertiary/aromatic N) is 2. The third-order valence-electron chi connectivity index (χ3n) is 6.80. The summed E-state index contributed by atoms with van der Waals surface area (Å²) in [5, 5.41) is 0. The Morgan fingerprint density at radius 1 is 0.839 bits per heavy atom. The zero-order valence-electron chi connectivity index (χ0n) is 18.0. The van der Waals surface area contributed by atoms with Crippen LogP contribution in [0, 0.1) is 11.8 Å². The van der Waals surface area contributed by atoms with Gasteiger partial charge in [0, 0.05) is 12.6 Å². The molecule has 2 fully saturated rings. The first kappa shape index (κ1) is 19.9. The molecule has 5 rings (SSSR count). The van der Waals surface area contributed by atoms with Crippen molar-refractivity contribution >= 4 is 23.3 Å². The van der Waals surface area contributed by atoms with Crippen LogP contribution in [-0.2, 0) is 26.3 Å². The standard InChI is InChI=1S/C26H26N2O3/c1-26(2,3)17-11-9-16(10-12-17)15-27-19-13-14-20(29)23(27)22-21(19)24(30)28(25(22)31)18-7-5-4-6-8-18/h4-14,19,21-23H,15H2,1-3H3. The van der Waals surface area contributed by atoms with Crippen LogP contribution in [0.4, 0.5) is 5.69 Å². The maximum absolute atomic E-state index is 13.3. The molecule has 2 aromatic carbocycles. The molecule has 0 N–H and O–H groups in total. The molecule has 0 radical (unpaired) electrons. The Morgan fingerprint density at radius 3 is 2.13 bits per heavy atom. The molecule has 3 heterocycles. The summed E-state index contributed by atoms with van der Waals surface area (Å²) in [6, 6.07) is 16.6. The van der Waals surface area contributed by atoms with Crippen molar-refractivity contribution in [2.45, 2.75) is 44.8 Å². The van der Waals surface area contributed by atoms with Gasteiger partial charge in [-0.1, -0.05) is 69.3 Å². The molecule has 4 atom stereocenters. The van der Waals surface area contributed by atoms with Gasteiger partial charge in [0.05, 0.1) is 23.6 Å². The van der Waals surface area contributed by atoms with E-state index in [1.165, 1.54) is 10.5 Å². The van der Waals surface area contributed by atoms with Crippen LogP contribution in [0.1, 0.15) is 31.9 Å². The third-order valence-corrected chi connectivity index (χ3v) is 6.80. The fourth-order valence-corrected chi connectivity index (χ4v) is 5.22. The van der Waals surface area contributed by atoms with Crippen LogP contribution in [0.2, 0.25) is 0 Å². The molecule has 0 aromatic heterocycles. The normalized spacial score (nSPS) is 27.8. The molecule has 0 saturated carbocycles. The van der Waals surface area contributed by atoms with Gasteiger partial charge in [-0.3, -0.25) is 19.3 Å². The van der Waals surface area contributed by atoms with E-state index in [1.807, 2.05) is 29.2 Å². The highest BCUT2D eigenvalue weighted by Gasteiger charge is 2.64. The van der Waals surface area contributed by atoms with E-state index in [9.17, 15) is 14.4 Å². The number of carbonyl (C=O) groups is 3. The summed E-state index contributed by atoms with van der Waals surface area (Å²) in [5.41, 5.74) is 2.96. The molecule has 2 amide bonds. The number of fused-ring (bicyclic) bond motifs is 5. The van der Waals surface area contributed by atoms with Gasteiger partial charge in [0.15, 0.2) is 5.78 Å². The number of carbonyl (C=O) groups excluding carboxylic acids is 3. The van der Waals surface area contributed by atoms with Crippen molar-refractivity contribution in [1.82, 2.24) is 4.90 Å². The Bertz CT molecular complexity index is 1080. The molecular weight excluding hydrogens is 388 g/mol. The second kappa shape index (κ2) is 6.99. The predicted octanol–water partition coefficient (Wildman–Crippen LogP) is 3.48. The number of para-hydroxylation sites is 1. The van der Waals surface area contributed by atoms with Crippen LogP contribution >= 0.6 is 0 Å². The zero-order chi connectivity index (χ0) is 21.9. The third kappa shape index (κ3) is 3.07. The highest BCUT2D eigenvalue weighted by atomic mass is 16.2. The summed E-state index contributed by atoms with van der Waals surface area (Å²) in [4.78, 5) is 42.9. The number of hydrogen-bond acceptors (Lipinski definition) is 4. The monoisotopic (exact) mass is 414 g/mol. The molecule has 0 spiro atoms. The van der Waals surface area contributed by atoms with E-state index in [-0.39, 0.29) is 29.1 Å². The number of benzene rings is 2. The zero-order valence-corrected chi connectivity index (χ0v) is 18.0. The SMILES string of the molecule is CC(C)(C)c1ccc(CN2C3C=CC(=O)C2C2C(=O)N(c4ccccc4)C(=O)C23)cc1. The summed E-state index contributed by atoms with van der Waals surface area (Å²) in [6.07, 6.45) is 3.37. The summed E-state index contributed by atoms with van der Waals surface area (Å²) >= 11 is 0. The van der Waals surface area contributed by atoms with E-state index in [4.69, 9.17) is 0 Å². The topological polar surface area (TPSA) is 57.7 Å². The van der Waals surface area contributed by atoms with Gasteiger partial charge < -0.3 is 0 Å². The number of anilines is 1. The molecule has 5 nitrogen and oxygen atoms in total. The van der Waals surface area contributed by atoms with Gasteiger partial charge in [0.2, 0.25) is 11.8 Å². The highest BCUT2D eigenvalue weighted by molar-refractivity contribution is 6.24. The predicted molar refractivity (Wildman–Crippen MR) is 118 cm³/mol. The van der Waals surface area contributed by atoms with E-state index < -0.39 is 17.9 Å². The second-order valence-corrected chi connectivity index (χ2v) is 9.72. The number of rotatable bonds is 3. The van der Waals surface area contributed by atoms with Crippen LogP contribution in [0.3, 0.4) is 0 Å². The summed E-state index contributed by atoms with van der Waals surface area (Å²) < 4.78 is 0. The van der Waals surface area contributed by atoms with E-state index in [0.29, 0.717) is 12.2 Å². The van der Waals surface area contributed by atoms with Crippen LogP contribution in [0.15, 0.2) is 66.7 Å². The second-order valence-electron chi connectivity index (χ2n) is 9.72. The van der Waals surface area contributed by atoms with Crippen LogP contribution in [0.25, 0.3) is 0 Å². The number of hydrogen-bond donors (Lipinski definition) is 0. The van der Waals surface area contributed by atoms with Gasteiger partial charge in [-0.25, -0.2) is 4.90 Å². The fraction of sp³-hybridized carbons (Fsp3) is 0.346. The van der Waals surface area contributed by atoms with E-state index >= 15 is 0 Å². The molecule has 2 bridgehead atoms. The lowest BCUT2D eigenvalue weighted by Gasteiger charge is -2.33. The Kier molecular flexibility index (Phi) is 4.48. The molecule has 31 heavy (non-hydrogen) atoms. The van der Waals surface area contributed by atoms with E-state index in [1.54, 1.807) is 18.2 Å². The molecule has 3 aliphatic rings. The molecule has 5 heteroatoms. The average molecular weight is 415 g/mol. The Labute approximate surface area is 182 Å². The summed E-state index contributed by atoms with van der Waals surface area (Å²) in [5.74, 6) is -1.71. The number of amides is 2. The maximum atomic E-state index is 13.3. The molecule has 158 valence electrons. The van der Waals surface area contributed by atoms with Crippen molar-refractivity contribution in [3.05, 3.63) is 77.9 Å². The van der Waals surface area contributed by atoms with E-state index in [2.05, 4.69) is 45.0 Å². The summed E-state index contributed by atoms with van der Waals surface area (Å²) in [6.45, 7) is 7.06. The van der Waals surface area contributed by atoms with Gasteiger partial charge in [-0.05, 0) is 34.8 Å². The number of imide groups is 1. The Hall–Kier alpha value is -3.05. The first-order valence-electron chi connectivity index (χ1n) is 10.8. The van der Waals surface area contributed by atoms with Crippen molar-refractivity contribution in [3.8, 4) is 0 Å². The first-order chi connectivity index (χ1) is 14.8. The van der Waals surface area contributed by atoms with Crippen molar-refractivity contribution < 1.29 is 14.4 Å². The first-order valence-corrected chi connectivity index (χ1v) is 10.8. The lowest BCUT2D eigenvalue weighted by atomic mass is 9.86. The minimum Gasteiger partial charge on any atom is -0.293 e. The lowest BCUT2D eigenvalue weighted by molar-refractivity contribution is -0.129. The van der Waals surface area contributed by atoms with Gasteiger partial charge >= 0.3 is 0 Å². The van der Waals surface area contributed by atoms with Gasteiger partial charge in [-0.2, -0.15) is 0 Å². The van der Waals surface area contributed by atoms with Crippen molar-refractivity contribution in [1.29, 1.82) is 0 Å². The number of ketones is 1. The van der Waals surface area contributed by atoms with Crippen molar-refractivity contribution in [2.24, 2.45) is 11.8 Å². The molecule has 0 aliphatic carbocycles. The minimum absolute atomic E-state index is 0.0676. The molecule has 2 aromatic rings. The minimum atomic E-state index is -0.631. The summed E-state index contributed by atoms with van der Waals surface area (Å²) in [7, 11) is 0. The maximum Gasteiger partial charge on any atom is 0.239 e. The van der Waals surface area contributed by atoms with Gasteiger partial charge in [-0.15, -0.1) is 0 Å². The van der Waals surface area contributed by atoms with Gasteiger partial charge in [0.25, 0.3) is 0 Å². The van der Waals surface area contributed by atoms with Crippen LogP contribution < -0.4 is 4.90 Å². The van der Waals surface area contributed by atoms with Crippen LogP contribution in [-0.4, -0.2) is 34.6 Å². The van der Waals surface area contributed by atoms with Crippen molar-refractivity contribution in [3.63, 3.8) is 0 Å². The molecule has 3 aliphatic heterocycles. The fourth-order valence-electron chi connectivity index (χ4n) is 5.22. The lowest BCUT2D eigenvalue weighted by Crippen LogP contribution is -2.48.